The summed E-state index contributed by atoms with van der Waals surface area (Å²) in [6, 6.07) is 6.81. The molecule has 9 atom stereocenters. The van der Waals surface area contributed by atoms with Crippen molar-refractivity contribution in [2.75, 3.05) is 0 Å². The fraction of sp³-hybridized carbons (Fsp3) is 0.615. The standard InChI is InChI=1S/C26H28O5/c1-13(19-12-20-23(29-20)24(28)30-19)14-5-7-16-15(10-14)6-8-18-17(16)11-22-26(31-22)9-3-4-21(27)25(18,26)2/h3-5,7,10,13,17-20,22-23H,6,8-9,11-12H2,1-2H3/t13-,17-,18-,19-,20-,22-,23-,25-,26-/m0/s1. The van der Waals surface area contributed by atoms with E-state index < -0.39 is 5.41 Å². The molecule has 0 aromatic heterocycles. The minimum absolute atomic E-state index is 0.0518. The van der Waals surface area contributed by atoms with Gasteiger partial charge < -0.3 is 14.2 Å². The van der Waals surface area contributed by atoms with E-state index in [2.05, 4.69) is 32.0 Å². The van der Waals surface area contributed by atoms with Gasteiger partial charge >= 0.3 is 5.97 Å². The monoisotopic (exact) mass is 420 g/mol. The van der Waals surface area contributed by atoms with Crippen LogP contribution in [0.5, 0.6) is 0 Å². The number of epoxide rings is 2. The van der Waals surface area contributed by atoms with Gasteiger partial charge in [0.2, 0.25) is 0 Å². The van der Waals surface area contributed by atoms with E-state index in [9.17, 15) is 9.59 Å². The van der Waals surface area contributed by atoms with E-state index in [0.717, 1.165) is 32.1 Å². The van der Waals surface area contributed by atoms with Gasteiger partial charge in [-0.15, -0.1) is 0 Å². The van der Waals surface area contributed by atoms with Gasteiger partial charge in [0, 0.05) is 12.3 Å². The van der Waals surface area contributed by atoms with Crippen LogP contribution in [0, 0.1) is 11.3 Å². The molecule has 1 spiro atoms. The Balaban J connectivity index is 1.20. The van der Waals surface area contributed by atoms with Crippen LogP contribution in [-0.2, 0) is 30.2 Å². The Morgan fingerprint density at radius 1 is 1.19 bits per heavy atom. The van der Waals surface area contributed by atoms with Gasteiger partial charge in [0.25, 0.3) is 0 Å². The lowest BCUT2D eigenvalue weighted by Gasteiger charge is -2.51. The molecule has 5 nitrogen and oxygen atoms in total. The van der Waals surface area contributed by atoms with Crippen molar-refractivity contribution in [1.29, 1.82) is 0 Å². The molecule has 1 saturated carbocycles. The quantitative estimate of drug-likeness (QED) is 0.540. The predicted molar refractivity (Wildman–Crippen MR) is 112 cm³/mol. The van der Waals surface area contributed by atoms with Gasteiger partial charge in [-0.3, -0.25) is 4.79 Å². The van der Waals surface area contributed by atoms with Crippen molar-refractivity contribution < 1.29 is 23.8 Å². The summed E-state index contributed by atoms with van der Waals surface area (Å²) < 4.78 is 17.4. The number of ether oxygens (including phenoxy) is 3. The number of fused-ring (bicyclic) bond motifs is 5. The van der Waals surface area contributed by atoms with E-state index >= 15 is 0 Å². The van der Waals surface area contributed by atoms with E-state index in [1.807, 2.05) is 6.08 Å². The number of rotatable bonds is 2. The summed E-state index contributed by atoms with van der Waals surface area (Å²) in [5.74, 6) is 0.906. The van der Waals surface area contributed by atoms with E-state index in [1.165, 1.54) is 16.7 Å². The summed E-state index contributed by atoms with van der Waals surface area (Å²) in [4.78, 5) is 25.1. The summed E-state index contributed by atoms with van der Waals surface area (Å²) >= 11 is 0. The zero-order valence-corrected chi connectivity index (χ0v) is 18.0. The van der Waals surface area contributed by atoms with Crippen LogP contribution in [0.3, 0.4) is 0 Å². The number of ketones is 1. The molecular weight excluding hydrogens is 392 g/mol. The summed E-state index contributed by atoms with van der Waals surface area (Å²) in [6.45, 7) is 4.32. The SMILES string of the molecule is C[C@@H](c1ccc2c(c1)CC[C@H]1[C@H]2C[C@@H]2O[C@@]23CC=CC(=O)[C@]13C)[C@@H]1C[C@@H]2O[C@@H]2C(=O)O1. The van der Waals surface area contributed by atoms with Crippen LogP contribution in [0.15, 0.2) is 30.4 Å². The molecule has 3 aliphatic carbocycles. The van der Waals surface area contributed by atoms with Crippen molar-refractivity contribution in [1.82, 2.24) is 0 Å². The second-order valence-electron chi connectivity index (χ2n) is 10.7. The predicted octanol–water partition coefficient (Wildman–Crippen LogP) is 3.60. The highest BCUT2D eigenvalue weighted by atomic mass is 16.7. The molecule has 162 valence electrons. The maximum atomic E-state index is 13.1. The first-order valence-corrected chi connectivity index (χ1v) is 11.8. The molecule has 7 rings (SSSR count). The molecule has 6 aliphatic rings. The number of hydrogen-bond acceptors (Lipinski definition) is 5. The molecular formula is C26H28O5. The van der Waals surface area contributed by atoms with Gasteiger partial charge in [0.1, 0.15) is 11.7 Å². The molecule has 31 heavy (non-hydrogen) atoms. The van der Waals surface area contributed by atoms with Crippen LogP contribution in [0.25, 0.3) is 0 Å². The van der Waals surface area contributed by atoms with Crippen molar-refractivity contribution in [2.45, 2.75) is 87.8 Å². The number of cyclic esters (lactones) is 1. The van der Waals surface area contributed by atoms with Crippen LogP contribution in [0.4, 0.5) is 0 Å². The Morgan fingerprint density at radius 3 is 2.90 bits per heavy atom. The number of hydrogen-bond donors (Lipinski definition) is 0. The van der Waals surface area contributed by atoms with Crippen molar-refractivity contribution in [3.63, 3.8) is 0 Å². The third kappa shape index (κ3) is 2.29. The van der Waals surface area contributed by atoms with Gasteiger partial charge in [-0.05, 0) is 67.2 Å². The Hall–Kier alpha value is -1.98. The summed E-state index contributed by atoms with van der Waals surface area (Å²) in [5.41, 5.74) is 3.36. The maximum Gasteiger partial charge on any atom is 0.338 e. The Labute approximate surface area is 182 Å². The van der Waals surface area contributed by atoms with Crippen LogP contribution in [0.2, 0.25) is 0 Å². The second kappa shape index (κ2) is 5.87. The third-order valence-electron chi connectivity index (χ3n) is 9.51. The molecule has 5 heteroatoms. The first-order chi connectivity index (χ1) is 14.9. The van der Waals surface area contributed by atoms with Crippen molar-refractivity contribution in [2.24, 2.45) is 11.3 Å². The number of allylic oxidation sites excluding steroid dienone is 1. The molecule has 1 aromatic carbocycles. The first kappa shape index (κ1) is 18.6. The van der Waals surface area contributed by atoms with Crippen LogP contribution in [-0.4, -0.2) is 41.8 Å². The molecule has 3 heterocycles. The van der Waals surface area contributed by atoms with Crippen molar-refractivity contribution >= 4 is 11.8 Å². The maximum absolute atomic E-state index is 13.1. The van der Waals surface area contributed by atoms with Crippen LogP contribution >= 0.6 is 0 Å². The fourth-order valence-corrected chi connectivity index (χ4v) is 7.50. The molecule has 0 bridgehead atoms. The van der Waals surface area contributed by atoms with Crippen molar-refractivity contribution in [3.05, 3.63) is 47.0 Å². The minimum Gasteiger partial charge on any atom is -0.460 e. The highest BCUT2D eigenvalue weighted by Gasteiger charge is 2.75. The lowest BCUT2D eigenvalue weighted by atomic mass is 9.49. The zero-order chi connectivity index (χ0) is 21.1. The Kier molecular flexibility index (Phi) is 3.52. The molecule has 3 aliphatic heterocycles. The van der Waals surface area contributed by atoms with Crippen LogP contribution in [0.1, 0.15) is 68.1 Å². The smallest absolute Gasteiger partial charge is 0.338 e. The second-order valence-corrected chi connectivity index (χ2v) is 10.7. The van der Waals surface area contributed by atoms with Gasteiger partial charge in [-0.1, -0.05) is 31.2 Å². The zero-order valence-electron chi connectivity index (χ0n) is 18.0. The molecule has 0 amide bonds. The van der Waals surface area contributed by atoms with E-state index in [-0.39, 0.29) is 47.7 Å². The summed E-state index contributed by atoms with van der Waals surface area (Å²) in [5, 5.41) is 0. The number of benzene rings is 1. The lowest BCUT2D eigenvalue weighted by molar-refractivity contribution is -0.153. The normalized spacial score (nSPS) is 47.2. The summed E-state index contributed by atoms with van der Waals surface area (Å²) in [6.07, 6.45) is 8.32. The number of esters is 1. The highest BCUT2D eigenvalue weighted by molar-refractivity contribution is 5.98. The number of aryl methyl sites for hydroxylation is 1. The van der Waals surface area contributed by atoms with Gasteiger partial charge in [0.05, 0.1) is 17.6 Å². The number of carbonyl (C=O) groups excluding carboxylic acids is 2. The molecule has 0 unspecified atom stereocenters. The number of carbonyl (C=O) groups is 2. The van der Waals surface area contributed by atoms with Crippen molar-refractivity contribution in [3.8, 4) is 0 Å². The summed E-state index contributed by atoms with van der Waals surface area (Å²) in [7, 11) is 0. The highest BCUT2D eigenvalue weighted by Crippen LogP contribution is 2.69. The Morgan fingerprint density at radius 2 is 2.06 bits per heavy atom. The van der Waals surface area contributed by atoms with Gasteiger partial charge in [0.15, 0.2) is 11.9 Å². The largest absolute Gasteiger partial charge is 0.460 e. The average molecular weight is 421 g/mol. The fourth-order valence-electron chi connectivity index (χ4n) is 7.50. The van der Waals surface area contributed by atoms with E-state index in [0.29, 0.717) is 11.8 Å². The third-order valence-corrected chi connectivity index (χ3v) is 9.51. The van der Waals surface area contributed by atoms with E-state index in [4.69, 9.17) is 14.2 Å². The van der Waals surface area contributed by atoms with Crippen LogP contribution < -0.4 is 0 Å². The topological polar surface area (TPSA) is 68.4 Å². The first-order valence-electron chi connectivity index (χ1n) is 11.8. The van der Waals surface area contributed by atoms with Gasteiger partial charge in [-0.25, -0.2) is 4.79 Å². The minimum atomic E-state index is -0.407. The molecule has 0 radical (unpaired) electrons. The Bertz CT molecular complexity index is 1040. The van der Waals surface area contributed by atoms with Gasteiger partial charge in [-0.2, -0.15) is 0 Å². The lowest BCUT2D eigenvalue weighted by Crippen LogP contribution is -2.56. The molecule has 1 aromatic rings. The molecule has 0 N–H and O–H groups in total. The van der Waals surface area contributed by atoms with E-state index in [1.54, 1.807) is 6.08 Å². The molecule has 4 fully saturated rings. The molecule has 3 saturated heterocycles. The average Bonchev–Trinajstić information content (AvgIpc) is 3.67.